The first kappa shape index (κ1) is 23.5. The Morgan fingerprint density at radius 3 is 2.58 bits per heavy atom. The highest BCUT2D eigenvalue weighted by Gasteiger charge is 2.21. The van der Waals surface area contributed by atoms with Crippen molar-refractivity contribution < 1.29 is 13.2 Å². The summed E-state index contributed by atoms with van der Waals surface area (Å²) in [6, 6.07) is 15.7. The van der Waals surface area contributed by atoms with Crippen molar-refractivity contribution in [2.24, 2.45) is 0 Å². The summed E-state index contributed by atoms with van der Waals surface area (Å²) in [7, 11) is -2.08. The molecule has 0 aliphatic carbocycles. The van der Waals surface area contributed by atoms with Gasteiger partial charge in [-0.05, 0) is 42.7 Å². The van der Waals surface area contributed by atoms with E-state index in [-0.39, 0.29) is 23.1 Å². The number of nitrogens with one attached hydrogen (secondary N) is 1. The van der Waals surface area contributed by atoms with Crippen molar-refractivity contribution in [2.45, 2.75) is 48.8 Å². The molecule has 1 amide bonds. The van der Waals surface area contributed by atoms with Crippen LogP contribution in [0.5, 0.6) is 0 Å². The number of anilines is 1. The predicted octanol–water partition coefficient (Wildman–Crippen LogP) is 3.56. The zero-order valence-electron chi connectivity index (χ0n) is 18.5. The second-order valence-electron chi connectivity index (χ2n) is 7.97. The molecule has 4 rings (SSSR count). The number of aryl methyl sites for hydroxylation is 1. The van der Waals surface area contributed by atoms with Crippen molar-refractivity contribution in [3.05, 3.63) is 66.0 Å². The van der Waals surface area contributed by atoms with Gasteiger partial charge in [-0.15, -0.1) is 10.2 Å². The van der Waals surface area contributed by atoms with Crippen molar-refractivity contribution in [3.63, 3.8) is 0 Å². The first-order chi connectivity index (χ1) is 15.9. The smallest absolute Gasteiger partial charge is 0.243 e. The Morgan fingerprint density at radius 1 is 1.06 bits per heavy atom. The molecule has 1 N–H and O–H groups in total. The number of carbonyl (C=O) groups is 1. The van der Waals surface area contributed by atoms with Crippen LogP contribution in [0.15, 0.2) is 64.6 Å². The van der Waals surface area contributed by atoms with E-state index in [4.69, 9.17) is 0 Å². The van der Waals surface area contributed by atoms with E-state index in [1.807, 2.05) is 30.3 Å². The summed E-state index contributed by atoms with van der Waals surface area (Å²) in [6.07, 6.45) is 4.33. The zero-order valence-corrected chi connectivity index (χ0v) is 20.1. The highest BCUT2D eigenvalue weighted by atomic mass is 32.2. The molecule has 1 aliphatic rings. The lowest BCUT2D eigenvalue weighted by molar-refractivity contribution is -0.113. The maximum atomic E-state index is 12.9. The van der Waals surface area contributed by atoms with Gasteiger partial charge in [0.2, 0.25) is 15.9 Å². The number of rotatable bonds is 8. The molecule has 3 aromatic rings. The molecule has 174 valence electrons. The molecular formula is C23H27N5O3S2. The van der Waals surface area contributed by atoms with Crippen LogP contribution < -0.4 is 5.32 Å². The van der Waals surface area contributed by atoms with Gasteiger partial charge < -0.3 is 9.88 Å². The second kappa shape index (κ2) is 10.5. The molecule has 0 bridgehead atoms. The number of carbonyl (C=O) groups excluding carboxylic acids is 1. The Morgan fingerprint density at radius 2 is 1.82 bits per heavy atom. The number of hydrogen-bond acceptors (Lipinski definition) is 6. The molecule has 1 aromatic heterocycles. The van der Waals surface area contributed by atoms with E-state index in [0.29, 0.717) is 5.69 Å². The minimum Gasteiger partial charge on any atom is -0.325 e. The monoisotopic (exact) mass is 485 g/mol. The van der Waals surface area contributed by atoms with Crippen LogP contribution in [0.1, 0.15) is 30.7 Å². The van der Waals surface area contributed by atoms with Gasteiger partial charge in [-0.1, -0.05) is 48.5 Å². The van der Waals surface area contributed by atoms with Gasteiger partial charge in [0.15, 0.2) is 5.16 Å². The second-order valence-corrected chi connectivity index (χ2v) is 11.0. The Bertz CT molecular complexity index is 1190. The fourth-order valence-corrected chi connectivity index (χ4v) is 5.65. The van der Waals surface area contributed by atoms with Gasteiger partial charge in [0.25, 0.3) is 0 Å². The number of fused-ring (bicyclic) bond motifs is 1. The lowest BCUT2D eigenvalue weighted by atomic mass is 10.2. The lowest BCUT2D eigenvalue weighted by Gasteiger charge is -2.17. The van der Waals surface area contributed by atoms with E-state index in [2.05, 4.69) is 20.1 Å². The Hall–Kier alpha value is -2.69. The molecule has 0 saturated carbocycles. The van der Waals surface area contributed by atoms with Crippen molar-refractivity contribution in [3.8, 4) is 0 Å². The molecule has 0 unspecified atom stereocenters. The van der Waals surface area contributed by atoms with Crippen LogP contribution in [0.4, 0.5) is 5.69 Å². The van der Waals surface area contributed by atoms with Crippen LogP contribution in [-0.4, -0.2) is 46.2 Å². The third kappa shape index (κ3) is 5.82. The van der Waals surface area contributed by atoms with E-state index in [9.17, 15) is 13.2 Å². The SMILES string of the molecule is CN(Cc1ccccc1)S(=O)(=O)c1ccc(NC(=O)CSc2nnc3n2CCCCC3)cc1. The summed E-state index contributed by atoms with van der Waals surface area (Å²) in [6.45, 7) is 1.17. The summed E-state index contributed by atoms with van der Waals surface area (Å²) in [5.74, 6) is 1.02. The summed E-state index contributed by atoms with van der Waals surface area (Å²) in [4.78, 5) is 12.6. The van der Waals surface area contributed by atoms with Crippen LogP contribution >= 0.6 is 11.8 Å². The molecule has 10 heteroatoms. The van der Waals surface area contributed by atoms with E-state index in [1.165, 1.54) is 34.6 Å². The fraction of sp³-hybridized carbons (Fsp3) is 0.348. The third-order valence-electron chi connectivity index (χ3n) is 5.50. The standard InChI is InChI=1S/C23H27N5O3S2/c1-27(16-18-8-4-2-5-9-18)33(30,31)20-13-11-19(12-14-20)24-22(29)17-32-23-26-25-21-10-6-3-7-15-28(21)23/h2,4-5,8-9,11-14H,3,6-7,10,15-17H2,1H3,(H,24,29). The molecule has 8 nitrogen and oxygen atoms in total. The topological polar surface area (TPSA) is 97.2 Å². The molecule has 0 atom stereocenters. The van der Waals surface area contributed by atoms with Gasteiger partial charge in [-0.3, -0.25) is 4.79 Å². The largest absolute Gasteiger partial charge is 0.325 e. The molecule has 2 aromatic carbocycles. The molecule has 0 saturated heterocycles. The van der Waals surface area contributed by atoms with Crippen LogP contribution in [0.3, 0.4) is 0 Å². The van der Waals surface area contributed by atoms with Crippen molar-refractivity contribution >= 4 is 33.4 Å². The maximum Gasteiger partial charge on any atom is 0.243 e. The minimum absolute atomic E-state index is 0.178. The molecule has 2 heterocycles. The molecular weight excluding hydrogens is 458 g/mol. The average Bonchev–Trinajstić information content (AvgIpc) is 3.04. The van der Waals surface area contributed by atoms with Gasteiger partial charge >= 0.3 is 0 Å². The van der Waals surface area contributed by atoms with Crippen LogP contribution in [0.2, 0.25) is 0 Å². The molecule has 0 fully saturated rings. The normalized spacial score (nSPS) is 14.0. The third-order valence-corrected chi connectivity index (χ3v) is 8.29. The lowest BCUT2D eigenvalue weighted by Crippen LogP contribution is -2.26. The van der Waals surface area contributed by atoms with E-state index in [0.717, 1.165) is 42.4 Å². The Kier molecular flexibility index (Phi) is 7.46. The van der Waals surface area contributed by atoms with Gasteiger partial charge in [-0.2, -0.15) is 4.31 Å². The van der Waals surface area contributed by atoms with E-state index >= 15 is 0 Å². The molecule has 1 aliphatic heterocycles. The number of sulfonamides is 1. The zero-order chi connectivity index (χ0) is 23.3. The van der Waals surface area contributed by atoms with Crippen LogP contribution in [0.25, 0.3) is 0 Å². The van der Waals surface area contributed by atoms with Gasteiger partial charge in [0, 0.05) is 32.2 Å². The Labute approximate surface area is 198 Å². The van der Waals surface area contributed by atoms with Gasteiger partial charge in [-0.25, -0.2) is 8.42 Å². The number of amides is 1. The molecule has 0 spiro atoms. The first-order valence-electron chi connectivity index (χ1n) is 10.9. The number of benzene rings is 2. The van der Waals surface area contributed by atoms with E-state index < -0.39 is 10.0 Å². The average molecular weight is 486 g/mol. The predicted molar refractivity (Wildman–Crippen MR) is 128 cm³/mol. The van der Waals surface area contributed by atoms with Crippen LogP contribution in [-0.2, 0) is 34.3 Å². The minimum atomic E-state index is -3.64. The number of hydrogen-bond donors (Lipinski definition) is 1. The highest BCUT2D eigenvalue weighted by molar-refractivity contribution is 7.99. The number of nitrogens with zero attached hydrogens (tertiary/aromatic N) is 4. The fourth-order valence-electron chi connectivity index (χ4n) is 3.71. The van der Waals surface area contributed by atoms with Gasteiger partial charge in [0.05, 0.1) is 10.6 Å². The molecule has 0 radical (unpaired) electrons. The summed E-state index contributed by atoms with van der Waals surface area (Å²) in [5.41, 5.74) is 1.46. The van der Waals surface area contributed by atoms with Crippen LogP contribution in [0, 0.1) is 0 Å². The molecule has 33 heavy (non-hydrogen) atoms. The Balaban J connectivity index is 1.33. The van der Waals surface area contributed by atoms with E-state index in [1.54, 1.807) is 19.2 Å². The van der Waals surface area contributed by atoms with Crippen molar-refractivity contribution in [1.29, 1.82) is 0 Å². The summed E-state index contributed by atoms with van der Waals surface area (Å²) in [5, 5.41) is 12.1. The van der Waals surface area contributed by atoms with Gasteiger partial charge in [0.1, 0.15) is 5.82 Å². The summed E-state index contributed by atoms with van der Waals surface area (Å²) < 4.78 is 29.2. The highest BCUT2D eigenvalue weighted by Crippen LogP contribution is 2.23. The summed E-state index contributed by atoms with van der Waals surface area (Å²) >= 11 is 1.37. The quantitative estimate of drug-likeness (QED) is 0.490. The number of thioether (sulfide) groups is 1. The first-order valence-corrected chi connectivity index (χ1v) is 13.3. The maximum absolute atomic E-state index is 12.9. The van der Waals surface area contributed by atoms with Crippen molar-refractivity contribution in [2.75, 3.05) is 18.1 Å². The van der Waals surface area contributed by atoms with Crippen molar-refractivity contribution in [1.82, 2.24) is 19.1 Å². The number of aromatic nitrogens is 3.